The average molecular weight is 301 g/mol. The Labute approximate surface area is 123 Å². The molecule has 3 aromatic rings. The van der Waals surface area contributed by atoms with E-state index >= 15 is 0 Å². The van der Waals surface area contributed by atoms with Crippen LogP contribution < -0.4 is 0 Å². The zero-order valence-electron chi connectivity index (χ0n) is 10.0. The Morgan fingerprint density at radius 1 is 0.800 bits per heavy atom. The number of carbonyl (C=O) groups is 2. The van der Waals surface area contributed by atoms with Crippen LogP contribution in [0.5, 0.6) is 0 Å². The molecular formula is C16H6Cl2O2. The number of rotatable bonds is 0. The number of Topliss-reactive ketones (excluding diaryl/α,β-unsaturated/α-hetero) is 2. The van der Waals surface area contributed by atoms with Gasteiger partial charge in [-0.3, -0.25) is 9.59 Å². The molecule has 0 saturated carbocycles. The summed E-state index contributed by atoms with van der Waals surface area (Å²) in [6.07, 6.45) is 0. The van der Waals surface area contributed by atoms with Crippen molar-refractivity contribution in [3.8, 4) is 0 Å². The van der Waals surface area contributed by atoms with Gasteiger partial charge in [0.05, 0.1) is 0 Å². The van der Waals surface area contributed by atoms with Gasteiger partial charge in [-0.1, -0.05) is 35.3 Å². The van der Waals surface area contributed by atoms with Gasteiger partial charge in [-0.25, -0.2) is 0 Å². The largest absolute Gasteiger partial charge is 0.285 e. The summed E-state index contributed by atoms with van der Waals surface area (Å²) in [5, 5.41) is 3.76. The minimum atomic E-state index is -0.508. The zero-order chi connectivity index (χ0) is 14.0. The van der Waals surface area contributed by atoms with Crippen molar-refractivity contribution in [2.75, 3.05) is 0 Å². The Balaban J connectivity index is 2.41. The van der Waals surface area contributed by atoms with Crippen LogP contribution in [0.25, 0.3) is 21.5 Å². The third kappa shape index (κ3) is 1.30. The summed E-state index contributed by atoms with van der Waals surface area (Å²) in [5.41, 5.74) is 0.789. The van der Waals surface area contributed by atoms with E-state index in [4.69, 9.17) is 23.2 Å². The van der Waals surface area contributed by atoms with E-state index in [0.29, 0.717) is 37.3 Å². The molecule has 0 amide bonds. The van der Waals surface area contributed by atoms with Gasteiger partial charge in [0.25, 0.3) is 0 Å². The van der Waals surface area contributed by atoms with Gasteiger partial charge in [-0.05, 0) is 29.7 Å². The number of fused-ring (bicyclic) bond motifs is 2. The highest BCUT2D eigenvalue weighted by Crippen LogP contribution is 2.41. The Kier molecular flexibility index (Phi) is 2.27. The number of ketones is 2. The van der Waals surface area contributed by atoms with E-state index in [2.05, 4.69) is 0 Å². The van der Waals surface area contributed by atoms with E-state index in [9.17, 15) is 9.59 Å². The number of hydrogen-bond donors (Lipinski definition) is 0. The summed E-state index contributed by atoms with van der Waals surface area (Å²) in [6, 6.07) is 10.5. The number of carbonyl (C=O) groups excluding carboxylic acids is 2. The molecule has 0 bridgehead atoms. The Bertz CT molecular complexity index is 958. The van der Waals surface area contributed by atoms with Crippen LogP contribution in [0, 0.1) is 0 Å². The van der Waals surface area contributed by atoms with Crippen molar-refractivity contribution in [2.45, 2.75) is 0 Å². The Morgan fingerprint density at radius 2 is 1.60 bits per heavy atom. The minimum absolute atomic E-state index is 0.380. The van der Waals surface area contributed by atoms with E-state index in [0.717, 1.165) is 5.39 Å². The molecule has 0 heterocycles. The van der Waals surface area contributed by atoms with Gasteiger partial charge in [-0.2, -0.15) is 0 Å². The van der Waals surface area contributed by atoms with Crippen LogP contribution in [0.4, 0.5) is 0 Å². The highest BCUT2D eigenvalue weighted by Gasteiger charge is 2.33. The molecule has 0 aromatic heterocycles. The molecule has 2 nitrogen and oxygen atoms in total. The topological polar surface area (TPSA) is 34.1 Å². The smallest absolute Gasteiger partial charge is 0.234 e. The molecule has 20 heavy (non-hydrogen) atoms. The van der Waals surface area contributed by atoms with Gasteiger partial charge in [0, 0.05) is 37.3 Å². The first-order chi connectivity index (χ1) is 9.59. The van der Waals surface area contributed by atoms with Crippen LogP contribution in [0.3, 0.4) is 0 Å². The van der Waals surface area contributed by atoms with E-state index in [1.54, 1.807) is 18.2 Å². The number of hydrogen-bond acceptors (Lipinski definition) is 2. The first-order valence-corrected chi connectivity index (χ1v) is 6.77. The second kappa shape index (κ2) is 3.81. The zero-order valence-corrected chi connectivity index (χ0v) is 11.5. The van der Waals surface area contributed by atoms with Crippen LogP contribution in [0.1, 0.15) is 20.7 Å². The normalized spacial score (nSPS) is 13.7. The quantitative estimate of drug-likeness (QED) is 0.446. The predicted octanol–water partition coefficient (Wildman–Crippen LogP) is 4.68. The van der Waals surface area contributed by atoms with Gasteiger partial charge in [0.15, 0.2) is 0 Å². The summed E-state index contributed by atoms with van der Waals surface area (Å²) in [6.45, 7) is 0. The SMILES string of the molecule is O=C1C(=O)c2c3c(Cl)cccc3cc3c(Cl)ccc1c23. The molecule has 0 atom stereocenters. The number of benzene rings is 3. The maximum absolute atomic E-state index is 12.3. The van der Waals surface area contributed by atoms with Gasteiger partial charge in [0.2, 0.25) is 11.6 Å². The minimum Gasteiger partial charge on any atom is -0.285 e. The second-order valence-corrected chi connectivity index (χ2v) is 5.58. The Morgan fingerprint density at radius 3 is 2.40 bits per heavy atom. The van der Waals surface area contributed by atoms with E-state index in [1.807, 2.05) is 18.2 Å². The molecule has 1 aliphatic rings. The highest BCUT2D eigenvalue weighted by molar-refractivity contribution is 6.60. The van der Waals surface area contributed by atoms with Gasteiger partial charge in [0.1, 0.15) is 0 Å². The van der Waals surface area contributed by atoms with Crippen molar-refractivity contribution in [3.05, 3.63) is 57.6 Å². The van der Waals surface area contributed by atoms with E-state index in [-0.39, 0.29) is 0 Å². The molecule has 0 radical (unpaired) electrons. The predicted molar refractivity (Wildman–Crippen MR) is 80.1 cm³/mol. The summed E-state index contributed by atoms with van der Waals surface area (Å²) in [5.74, 6) is -1.000. The lowest BCUT2D eigenvalue weighted by atomic mass is 9.97. The lowest BCUT2D eigenvalue weighted by Crippen LogP contribution is -2.06. The molecule has 0 aliphatic heterocycles. The number of halogens is 2. The molecule has 0 fully saturated rings. The summed E-state index contributed by atoms with van der Waals surface area (Å²) in [4.78, 5) is 24.4. The van der Waals surface area contributed by atoms with Gasteiger partial charge >= 0.3 is 0 Å². The second-order valence-electron chi connectivity index (χ2n) is 4.77. The molecule has 1 aliphatic carbocycles. The fourth-order valence-corrected chi connectivity index (χ4v) is 3.35. The van der Waals surface area contributed by atoms with Crippen molar-refractivity contribution >= 4 is 56.3 Å². The molecule has 0 N–H and O–H groups in total. The van der Waals surface area contributed by atoms with Crippen molar-refractivity contribution in [1.29, 1.82) is 0 Å². The van der Waals surface area contributed by atoms with Gasteiger partial charge in [-0.15, -0.1) is 0 Å². The first kappa shape index (κ1) is 11.9. The average Bonchev–Trinajstić information content (AvgIpc) is 2.69. The molecule has 3 aromatic carbocycles. The van der Waals surface area contributed by atoms with Crippen LogP contribution in [-0.2, 0) is 0 Å². The first-order valence-electron chi connectivity index (χ1n) is 6.02. The molecule has 4 heteroatoms. The summed E-state index contributed by atoms with van der Waals surface area (Å²) < 4.78 is 0. The van der Waals surface area contributed by atoms with Crippen LogP contribution >= 0.6 is 23.2 Å². The third-order valence-corrected chi connectivity index (χ3v) is 4.36. The van der Waals surface area contributed by atoms with E-state index < -0.39 is 11.6 Å². The van der Waals surface area contributed by atoms with Crippen LogP contribution in [0.15, 0.2) is 36.4 Å². The molecule has 0 saturated heterocycles. The molecular weight excluding hydrogens is 295 g/mol. The lowest BCUT2D eigenvalue weighted by Gasteiger charge is -2.08. The lowest BCUT2D eigenvalue weighted by molar-refractivity contribution is 0.0826. The Hall–Kier alpha value is -1.90. The van der Waals surface area contributed by atoms with Crippen molar-refractivity contribution in [3.63, 3.8) is 0 Å². The van der Waals surface area contributed by atoms with Crippen molar-refractivity contribution in [1.82, 2.24) is 0 Å². The fraction of sp³-hybridized carbons (Fsp3) is 0. The molecule has 0 spiro atoms. The van der Waals surface area contributed by atoms with Crippen LogP contribution in [-0.4, -0.2) is 11.6 Å². The summed E-state index contributed by atoms with van der Waals surface area (Å²) >= 11 is 12.4. The monoisotopic (exact) mass is 300 g/mol. The fourth-order valence-electron chi connectivity index (χ4n) is 2.86. The van der Waals surface area contributed by atoms with Crippen LogP contribution in [0.2, 0.25) is 10.0 Å². The molecule has 4 rings (SSSR count). The van der Waals surface area contributed by atoms with Crippen molar-refractivity contribution < 1.29 is 9.59 Å². The van der Waals surface area contributed by atoms with E-state index in [1.165, 1.54) is 0 Å². The van der Waals surface area contributed by atoms with Gasteiger partial charge < -0.3 is 0 Å². The van der Waals surface area contributed by atoms with Crippen molar-refractivity contribution in [2.24, 2.45) is 0 Å². The molecule has 96 valence electrons. The highest BCUT2D eigenvalue weighted by atomic mass is 35.5. The summed E-state index contributed by atoms with van der Waals surface area (Å²) in [7, 11) is 0. The maximum Gasteiger partial charge on any atom is 0.234 e. The molecule has 0 unspecified atom stereocenters. The standard InChI is InChI=1S/C16H6Cl2O2/c17-10-5-4-8-13-9(10)6-7-2-1-3-11(18)12(7)14(13)16(20)15(8)19/h1-6H. The maximum atomic E-state index is 12.3. The third-order valence-electron chi connectivity index (χ3n) is 3.72.